The molecule has 78 valence electrons. The second-order valence-corrected chi connectivity index (χ2v) is 5.71. The fourth-order valence-electron chi connectivity index (χ4n) is 2.06. The summed E-state index contributed by atoms with van der Waals surface area (Å²) in [6, 6.07) is 0. The van der Waals surface area contributed by atoms with Crippen molar-refractivity contribution in [2.75, 3.05) is 0 Å². The lowest BCUT2D eigenvalue weighted by molar-refractivity contribution is -0.110. The minimum absolute atomic E-state index is 0.248. The molecule has 0 radical (unpaired) electrons. The predicted octanol–water partition coefficient (Wildman–Crippen LogP) is 1.94. The van der Waals surface area contributed by atoms with Gasteiger partial charge in [0, 0.05) is 0 Å². The van der Waals surface area contributed by atoms with Crippen molar-refractivity contribution in [1.29, 1.82) is 0 Å². The number of hydrogen-bond donors (Lipinski definition) is 2. The van der Waals surface area contributed by atoms with E-state index in [0.29, 0.717) is 5.92 Å². The minimum atomic E-state index is -0.859. The molecule has 3 atom stereocenters. The summed E-state index contributed by atoms with van der Waals surface area (Å²) >= 11 is 0. The van der Waals surface area contributed by atoms with Crippen molar-refractivity contribution in [2.24, 2.45) is 11.3 Å². The first kappa shape index (κ1) is 11.0. The lowest BCUT2D eigenvalue weighted by Gasteiger charge is -2.42. The number of aliphatic hydroxyl groups is 2. The van der Waals surface area contributed by atoms with Crippen LogP contribution in [-0.2, 0) is 0 Å². The van der Waals surface area contributed by atoms with Crippen LogP contribution >= 0.6 is 0 Å². The van der Waals surface area contributed by atoms with Gasteiger partial charge in [-0.2, -0.15) is 0 Å². The molecule has 0 amide bonds. The number of aliphatic hydroxyl groups excluding tert-OH is 1. The van der Waals surface area contributed by atoms with Gasteiger partial charge in [-0.15, -0.1) is 0 Å². The molecule has 2 N–H and O–H groups in total. The second-order valence-electron chi connectivity index (χ2n) is 5.71. The van der Waals surface area contributed by atoms with Crippen molar-refractivity contribution in [2.45, 2.75) is 58.7 Å². The highest BCUT2D eigenvalue weighted by Crippen LogP contribution is 2.41. The second kappa shape index (κ2) is 3.25. The fourth-order valence-corrected chi connectivity index (χ4v) is 2.06. The molecule has 0 saturated heterocycles. The van der Waals surface area contributed by atoms with E-state index in [1.165, 1.54) is 0 Å². The highest BCUT2D eigenvalue weighted by molar-refractivity contribution is 4.92. The van der Waals surface area contributed by atoms with E-state index in [1.807, 2.05) is 0 Å². The molecule has 0 bridgehead atoms. The Morgan fingerprint density at radius 2 is 1.85 bits per heavy atom. The molecule has 2 nitrogen and oxygen atoms in total. The summed E-state index contributed by atoms with van der Waals surface area (Å²) in [5, 5.41) is 19.5. The molecule has 2 heteroatoms. The lowest BCUT2D eigenvalue weighted by Crippen LogP contribution is -2.46. The van der Waals surface area contributed by atoms with Crippen molar-refractivity contribution >= 4 is 0 Å². The summed E-state index contributed by atoms with van der Waals surface area (Å²) in [5.74, 6) is 0.530. The van der Waals surface area contributed by atoms with E-state index in [9.17, 15) is 10.2 Å². The van der Waals surface area contributed by atoms with Gasteiger partial charge in [0.15, 0.2) is 0 Å². The van der Waals surface area contributed by atoms with Gasteiger partial charge in [-0.05, 0) is 37.5 Å². The van der Waals surface area contributed by atoms with Crippen molar-refractivity contribution < 1.29 is 10.2 Å². The summed E-state index contributed by atoms with van der Waals surface area (Å²) in [4.78, 5) is 0. The van der Waals surface area contributed by atoms with Gasteiger partial charge in [0.1, 0.15) is 0 Å². The van der Waals surface area contributed by atoms with Gasteiger partial charge in [0.2, 0.25) is 0 Å². The summed E-state index contributed by atoms with van der Waals surface area (Å²) in [6.07, 6.45) is 1.92. The molecule has 0 aromatic heterocycles. The highest BCUT2D eigenvalue weighted by atomic mass is 16.3. The van der Waals surface area contributed by atoms with Crippen LogP contribution < -0.4 is 0 Å². The van der Waals surface area contributed by atoms with Crippen LogP contribution in [0.15, 0.2) is 0 Å². The Bertz CT molecular complexity index is 179. The van der Waals surface area contributed by atoms with Crippen LogP contribution in [0.2, 0.25) is 0 Å². The smallest absolute Gasteiger partial charge is 0.0877 e. The van der Waals surface area contributed by atoms with Crippen molar-refractivity contribution in [3.05, 3.63) is 0 Å². The first-order valence-corrected chi connectivity index (χ1v) is 5.14. The molecular weight excluding hydrogens is 164 g/mol. The Hall–Kier alpha value is -0.0800. The maximum Gasteiger partial charge on any atom is 0.0877 e. The third-order valence-corrected chi connectivity index (χ3v) is 3.45. The Morgan fingerprint density at radius 1 is 1.31 bits per heavy atom. The van der Waals surface area contributed by atoms with E-state index in [0.717, 1.165) is 19.3 Å². The normalized spacial score (nSPS) is 42.0. The van der Waals surface area contributed by atoms with Crippen LogP contribution in [-0.4, -0.2) is 21.9 Å². The summed E-state index contributed by atoms with van der Waals surface area (Å²) < 4.78 is 0. The molecule has 13 heavy (non-hydrogen) atoms. The maximum absolute atomic E-state index is 9.78. The van der Waals surface area contributed by atoms with Crippen LogP contribution in [0.4, 0.5) is 0 Å². The Morgan fingerprint density at radius 3 is 2.23 bits per heavy atom. The largest absolute Gasteiger partial charge is 0.390 e. The van der Waals surface area contributed by atoms with Crippen molar-refractivity contribution in [3.8, 4) is 0 Å². The maximum atomic E-state index is 9.78. The third kappa shape index (κ3) is 2.44. The monoisotopic (exact) mass is 186 g/mol. The van der Waals surface area contributed by atoms with Gasteiger partial charge >= 0.3 is 0 Å². The summed E-state index contributed by atoms with van der Waals surface area (Å²) in [7, 11) is 0. The molecule has 1 aliphatic rings. The third-order valence-electron chi connectivity index (χ3n) is 3.45. The van der Waals surface area contributed by atoms with E-state index in [1.54, 1.807) is 6.92 Å². The molecule has 1 fully saturated rings. The molecule has 0 aliphatic heterocycles. The lowest BCUT2D eigenvalue weighted by atomic mass is 9.67. The highest BCUT2D eigenvalue weighted by Gasteiger charge is 2.40. The van der Waals surface area contributed by atoms with Crippen LogP contribution in [0.5, 0.6) is 0 Å². The van der Waals surface area contributed by atoms with Gasteiger partial charge in [-0.25, -0.2) is 0 Å². The molecule has 0 spiro atoms. The molecule has 0 aromatic carbocycles. The van der Waals surface area contributed by atoms with Gasteiger partial charge in [-0.3, -0.25) is 0 Å². The van der Waals surface area contributed by atoms with E-state index in [2.05, 4.69) is 20.8 Å². The average Bonchev–Trinajstić information content (AvgIpc) is 1.92. The van der Waals surface area contributed by atoms with Crippen LogP contribution in [0.3, 0.4) is 0 Å². The first-order chi connectivity index (χ1) is 5.73. The Balaban J connectivity index is 2.61. The van der Waals surface area contributed by atoms with Gasteiger partial charge in [-0.1, -0.05) is 20.8 Å². The van der Waals surface area contributed by atoms with E-state index >= 15 is 0 Å². The Labute approximate surface area is 81.0 Å². The standard InChI is InChI=1S/C11H22O2/c1-10(2,3)8-5-6-11(4,13)9(12)7-8/h8-9,12-13H,5-7H2,1-4H3/t8-,9+,11+/m0/s1. The molecule has 0 heterocycles. The van der Waals surface area contributed by atoms with Gasteiger partial charge in [0.25, 0.3) is 0 Å². The average molecular weight is 186 g/mol. The number of rotatable bonds is 0. The molecule has 1 saturated carbocycles. The summed E-state index contributed by atoms with van der Waals surface area (Å²) in [5.41, 5.74) is -0.612. The van der Waals surface area contributed by atoms with E-state index in [-0.39, 0.29) is 5.41 Å². The Kier molecular flexibility index (Phi) is 2.75. The minimum Gasteiger partial charge on any atom is -0.390 e. The zero-order chi connectivity index (χ0) is 10.3. The predicted molar refractivity (Wildman–Crippen MR) is 53.4 cm³/mol. The van der Waals surface area contributed by atoms with Gasteiger partial charge < -0.3 is 10.2 Å². The first-order valence-electron chi connectivity index (χ1n) is 5.14. The molecule has 0 aromatic rings. The van der Waals surface area contributed by atoms with Crippen LogP contribution in [0.1, 0.15) is 47.0 Å². The topological polar surface area (TPSA) is 40.5 Å². The van der Waals surface area contributed by atoms with Crippen molar-refractivity contribution in [3.63, 3.8) is 0 Å². The van der Waals surface area contributed by atoms with Crippen LogP contribution in [0, 0.1) is 11.3 Å². The molecular formula is C11H22O2. The van der Waals surface area contributed by atoms with Crippen LogP contribution in [0.25, 0.3) is 0 Å². The molecule has 1 rings (SSSR count). The summed E-state index contributed by atoms with van der Waals surface area (Å²) in [6.45, 7) is 8.33. The van der Waals surface area contributed by atoms with Crippen molar-refractivity contribution in [1.82, 2.24) is 0 Å². The zero-order valence-electron chi connectivity index (χ0n) is 9.17. The van der Waals surface area contributed by atoms with E-state index < -0.39 is 11.7 Å². The zero-order valence-corrected chi connectivity index (χ0v) is 9.17. The fraction of sp³-hybridized carbons (Fsp3) is 1.00. The molecule has 0 unspecified atom stereocenters. The quantitative estimate of drug-likeness (QED) is 0.607. The number of hydrogen-bond acceptors (Lipinski definition) is 2. The van der Waals surface area contributed by atoms with Gasteiger partial charge in [0.05, 0.1) is 11.7 Å². The van der Waals surface area contributed by atoms with E-state index in [4.69, 9.17) is 0 Å². The SMILES string of the molecule is CC(C)(C)[C@H]1CC[C@@](C)(O)[C@H](O)C1. The molecule has 1 aliphatic carbocycles.